The molecule has 160 valence electrons. The van der Waals surface area contributed by atoms with E-state index in [1.54, 1.807) is 0 Å². The zero-order valence-corrected chi connectivity index (χ0v) is 19.1. The molecule has 0 aromatic carbocycles. The fourth-order valence-corrected chi connectivity index (χ4v) is 6.56. The van der Waals surface area contributed by atoms with Crippen LogP contribution in [0.15, 0.2) is 23.3 Å². The zero-order chi connectivity index (χ0) is 21.4. The molecule has 3 rings (SSSR count). The van der Waals surface area contributed by atoms with Crippen molar-refractivity contribution in [2.45, 2.75) is 98.5 Å². The lowest BCUT2D eigenvalue weighted by atomic mass is 9.54. The van der Waals surface area contributed by atoms with Crippen molar-refractivity contribution in [1.82, 2.24) is 0 Å². The number of aliphatic hydroxyl groups is 1. The Kier molecular flexibility index (Phi) is 6.17. The molecule has 2 saturated carbocycles. The molecule has 0 unspecified atom stereocenters. The van der Waals surface area contributed by atoms with Gasteiger partial charge in [0.25, 0.3) is 0 Å². The highest BCUT2D eigenvalue weighted by Crippen LogP contribution is 2.59. The third-order valence-corrected chi connectivity index (χ3v) is 9.11. The second-order valence-corrected chi connectivity index (χ2v) is 10.5. The summed E-state index contributed by atoms with van der Waals surface area (Å²) in [5.74, 6) is 0.905. The highest BCUT2D eigenvalue weighted by molar-refractivity contribution is 6.07. The van der Waals surface area contributed by atoms with Gasteiger partial charge in [-0.05, 0) is 62.2 Å². The molecule has 0 radical (unpaired) electrons. The van der Waals surface area contributed by atoms with Crippen molar-refractivity contribution in [2.75, 3.05) is 0 Å². The largest absolute Gasteiger partial charge is 0.393 e. The predicted octanol–water partition coefficient (Wildman–Crippen LogP) is 6.14. The summed E-state index contributed by atoms with van der Waals surface area (Å²) in [6.45, 7) is 11.2. The lowest BCUT2D eigenvalue weighted by Crippen LogP contribution is -2.45. The third-order valence-electron chi connectivity index (χ3n) is 9.11. The summed E-state index contributed by atoms with van der Waals surface area (Å²) in [7, 11) is 0. The van der Waals surface area contributed by atoms with E-state index < -0.39 is 5.41 Å². The van der Waals surface area contributed by atoms with Crippen molar-refractivity contribution in [3.63, 3.8) is 0 Å². The number of aliphatic hydroxyl groups excluding tert-OH is 1. The van der Waals surface area contributed by atoms with E-state index in [1.807, 2.05) is 6.08 Å². The molecule has 0 aromatic heterocycles. The van der Waals surface area contributed by atoms with Gasteiger partial charge in [-0.3, -0.25) is 4.79 Å². The Bertz CT molecular complexity index is 739. The molecule has 0 bridgehead atoms. The van der Waals surface area contributed by atoms with Crippen LogP contribution >= 0.6 is 0 Å². The minimum absolute atomic E-state index is 0.0312. The van der Waals surface area contributed by atoms with E-state index in [4.69, 9.17) is 0 Å². The summed E-state index contributed by atoms with van der Waals surface area (Å²) < 4.78 is 0. The van der Waals surface area contributed by atoms with Crippen molar-refractivity contribution < 1.29 is 9.90 Å². The molecular weight excluding hydrogens is 358 g/mol. The fourth-order valence-electron chi connectivity index (χ4n) is 6.56. The first kappa shape index (κ1) is 22.3. The quantitative estimate of drug-likeness (QED) is 0.567. The van der Waals surface area contributed by atoms with Crippen molar-refractivity contribution in [3.05, 3.63) is 23.3 Å². The number of carbonyl (C=O) groups is 1. The number of Topliss-reactive ketones (excluding diaryl/α,β-unsaturated/α-hetero) is 1. The molecule has 1 spiro atoms. The highest BCUT2D eigenvalue weighted by atomic mass is 16.3. The van der Waals surface area contributed by atoms with E-state index in [2.05, 4.69) is 46.8 Å². The van der Waals surface area contributed by atoms with Gasteiger partial charge >= 0.3 is 0 Å². The van der Waals surface area contributed by atoms with E-state index in [1.165, 1.54) is 5.57 Å². The minimum atomic E-state index is -0.455. The van der Waals surface area contributed by atoms with Gasteiger partial charge in [0.05, 0.1) is 17.1 Å². The van der Waals surface area contributed by atoms with Crippen LogP contribution in [-0.2, 0) is 4.79 Å². The summed E-state index contributed by atoms with van der Waals surface area (Å²) in [6.07, 6.45) is 12.9. The summed E-state index contributed by atoms with van der Waals surface area (Å²) >= 11 is 0. The van der Waals surface area contributed by atoms with Gasteiger partial charge in [-0.2, -0.15) is 5.26 Å². The molecule has 3 aliphatic rings. The van der Waals surface area contributed by atoms with Crippen molar-refractivity contribution >= 4 is 5.78 Å². The summed E-state index contributed by atoms with van der Waals surface area (Å²) in [5, 5.41) is 20.4. The molecule has 0 saturated heterocycles. The Balaban J connectivity index is 1.96. The van der Waals surface area contributed by atoms with Crippen LogP contribution in [0.1, 0.15) is 92.4 Å². The number of ketones is 1. The van der Waals surface area contributed by atoms with Crippen LogP contribution in [0.25, 0.3) is 0 Å². The van der Waals surface area contributed by atoms with Gasteiger partial charge < -0.3 is 5.11 Å². The lowest BCUT2D eigenvalue weighted by Gasteiger charge is -2.48. The standard InChI is InChI=1S/C26H39NO2/c1-6-9-21-25(5,16-20(17-27)23(29)26(21)13-7-8-14-26)19(3)12-15-24(4)18(2)10-11-22(24)28/h9,16,18-19,22,28H,6-8,10-15H2,1-5H3/b21-9+/t18-,19-,22+,24+,25-/m1/s1. The van der Waals surface area contributed by atoms with Gasteiger partial charge in [0.15, 0.2) is 5.78 Å². The van der Waals surface area contributed by atoms with Gasteiger partial charge in [-0.25, -0.2) is 0 Å². The van der Waals surface area contributed by atoms with E-state index >= 15 is 0 Å². The normalized spacial score (nSPS) is 39.0. The molecule has 2 fully saturated rings. The van der Waals surface area contributed by atoms with Crippen LogP contribution in [0, 0.1) is 39.4 Å². The zero-order valence-electron chi connectivity index (χ0n) is 19.1. The molecule has 0 heterocycles. The first-order valence-corrected chi connectivity index (χ1v) is 11.7. The highest BCUT2D eigenvalue weighted by Gasteiger charge is 2.55. The van der Waals surface area contributed by atoms with Crippen LogP contribution in [0.5, 0.6) is 0 Å². The third kappa shape index (κ3) is 3.42. The summed E-state index contributed by atoms with van der Waals surface area (Å²) in [5.41, 5.74) is 0.878. The van der Waals surface area contributed by atoms with E-state index in [0.29, 0.717) is 17.4 Å². The average Bonchev–Trinajstić information content (AvgIpc) is 3.28. The van der Waals surface area contributed by atoms with Crippen LogP contribution in [0.4, 0.5) is 0 Å². The van der Waals surface area contributed by atoms with Gasteiger partial charge in [-0.1, -0.05) is 65.2 Å². The van der Waals surface area contributed by atoms with Gasteiger partial charge in [0.1, 0.15) is 6.07 Å². The maximum Gasteiger partial charge on any atom is 0.183 e. The minimum Gasteiger partial charge on any atom is -0.393 e. The molecule has 1 N–H and O–H groups in total. The van der Waals surface area contributed by atoms with Crippen LogP contribution in [0.2, 0.25) is 0 Å². The first-order chi connectivity index (χ1) is 13.7. The van der Waals surface area contributed by atoms with Crippen molar-refractivity contribution in [1.29, 1.82) is 5.26 Å². The van der Waals surface area contributed by atoms with Crippen LogP contribution in [-0.4, -0.2) is 17.0 Å². The Morgan fingerprint density at radius 2 is 1.97 bits per heavy atom. The van der Waals surface area contributed by atoms with Crippen LogP contribution in [0.3, 0.4) is 0 Å². The molecule has 0 aromatic rings. The molecule has 0 amide bonds. The number of carbonyl (C=O) groups excluding carboxylic acids is 1. The molecular formula is C26H39NO2. The second kappa shape index (κ2) is 8.03. The van der Waals surface area contributed by atoms with Gasteiger partial charge in [0.2, 0.25) is 0 Å². The van der Waals surface area contributed by atoms with E-state index in [9.17, 15) is 15.2 Å². The Morgan fingerprint density at radius 3 is 2.48 bits per heavy atom. The van der Waals surface area contributed by atoms with E-state index in [0.717, 1.165) is 57.8 Å². The molecule has 3 nitrogen and oxygen atoms in total. The first-order valence-electron chi connectivity index (χ1n) is 11.7. The predicted molar refractivity (Wildman–Crippen MR) is 117 cm³/mol. The Labute approximate surface area is 177 Å². The van der Waals surface area contributed by atoms with Crippen molar-refractivity contribution in [2.24, 2.45) is 28.1 Å². The number of nitrogens with zero attached hydrogens (tertiary/aromatic N) is 1. The molecule has 5 atom stereocenters. The van der Waals surface area contributed by atoms with Crippen LogP contribution < -0.4 is 0 Å². The average molecular weight is 398 g/mol. The van der Waals surface area contributed by atoms with Gasteiger partial charge in [0, 0.05) is 5.41 Å². The second-order valence-electron chi connectivity index (χ2n) is 10.5. The molecule has 0 aliphatic heterocycles. The number of hydrogen-bond donors (Lipinski definition) is 1. The Morgan fingerprint density at radius 1 is 1.31 bits per heavy atom. The fraction of sp³-hybridized carbons (Fsp3) is 0.769. The smallest absolute Gasteiger partial charge is 0.183 e. The topological polar surface area (TPSA) is 61.1 Å². The maximum absolute atomic E-state index is 13.3. The van der Waals surface area contributed by atoms with Crippen molar-refractivity contribution in [3.8, 4) is 6.07 Å². The number of rotatable bonds is 5. The molecule has 3 heteroatoms. The number of hydrogen-bond acceptors (Lipinski definition) is 3. The summed E-state index contributed by atoms with van der Waals surface area (Å²) in [6, 6.07) is 2.24. The van der Waals surface area contributed by atoms with E-state index in [-0.39, 0.29) is 22.7 Å². The monoisotopic (exact) mass is 397 g/mol. The number of nitriles is 1. The SMILES string of the molecule is CC/C=C1/C2(CCCC2)C(=O)C(C#N)=C[C@]1(C)[C@H](C)CC[C@@]1(C)[C@H](C)CC[C@@H]1O. The maximum atomic E-state index is 13.3. The molecule has 3 aliphatic carbocycles. The molecule has 29 heavy (non-hydrogen) atoms. The number of allylic oxidation sites excluding steroid dienone is 4. The van der Waals surface area contributed by atoms with Gasteiger partial charge in [-0.15, -0.1) is 0 Å². The summed E-state index contributed by atoms with van der Waals surface area (Å²) in [4.78, 5) is 13.3. The lowest BCUT2D eigenvalue weighted by molar-refractivity contribution is -0.123. The Hall–Kier alpha value is -1.40.